The van der Waals surface area contributed by atoms with Crippen LogP contribution in [-0.4, -0.2) is 0 Å². The van der Waals surface area contributed by atoms with Gasteiger partial charge in [0, 0.05) is 5.88 Å². The van der Waals surface area contributed by atoms with E-state index in [1.165, 1.54) is 22.3 Å². The van der Waals surface area contributed by atoms with Gasteiger partial charge in [0.15, 0.2) is 0 Å². The Labute approximate surface area is 79.6 Å². The van der Waals surface area contributed by atoms with Crippen molar-refractivity contribution in [3.8, 4) is 0 Å². The molecule has 1 heteroatoms. The summed E-state index contributed by atoms with van der Waals surface area (Å²) in [5.74, 6) is 0.634. The van der Waals surface area contributed by atoms with Crippen molar-refractivity contribution in [2.75, 3.05) is 0 Å². The summed E-state index contributed by atoms with van der Waals surface area (Å²) in [5.41, 5.74) is 5.35. The summed E-state index contributed by atoms with van der Waals surface area (Å²) in [5, 5.41) is 0. The molecule has 1 aromatic carbocycles. The minimum Gasteiger partial charge on any atom is -0.122 e. The Bertz CT molecular complexity index is 277. The summed E-state index contributed by atoms with van der Waals surface area (Å²) in [4.78, 5) is 0. The van der Waals surface area contributed by atoms with Gasteiger partial charge >= 0.3 is 0 Å². The standard InChI is InChI=1S/C11H15Cl/c1-4-10-6-8(2)5-9(3)11(10)7-12/h5-6H,4,7H2,1-3H3. The molecule has 0 aliphatic heterocycles. The van der Waals surface area contributed by atoms with Crippen LogP contribution in [0.2, 0.25) is 0 Å². The van der Waals surface area contributed by atoms with Crippen molar-refractivity contribution < 1.29 is 0 Å². The molecule has 0 nitrogen and oxygen atoms in total. The number of alkyl halides is 1. The lowest BCUT2D eigenvalue weighted by Crippen LogP contribution is -1.94. The van der Waals surface area contributed by atoms with Gasteiger partial charge in [0.05, 0.1) is 0 Å². The number of aryl methyl sites for hydroxylation is 3. The summed E-state index contributed by atoms with van der Waals surface area (Å²) in [6.07, 6.45) is 1.07. The van der Waals surface area contributed by atoms with Crippen LogP contribution in [0.4, 0.5) is 0 Å². The van der Waals surface area contributed by atoms with Crippen molar-refractivity contribution in [3.05, 3.63) is 34.4 Å². The first-order valence-electron chi connectivity index (χ1n) is 4.34. The lowest BCUT2D eigenvalue weighted by molar-refractivity contribution is 1.07. The lowest BCUT2D eigenvalue weighted by Gasteiger charge is -2.09. The van der Waals surface area contributed by atoms with Crippen LogP contribution in [0.15, 0.2) is 12.1 Å². The van der Waals surface area contributed by atoms with Crippen molar-refractivity contribution in [3.63, 3.8) is 0 Å². The zero-order valence-electron chi connectivity index (χ0n) is 7.95. The summed E-state index contributed by atoms with van der Waals surface area (Å²) < 4.78 is 0. The van der Waals surface area contributed by atoms with Crippen molar-refractivity contribution in [1.29, 1.82) is 0 Å². The summed E-state index contributed by atoms with van der Waals surface area (Å²) in [6.45, 7) is 6.43. The Hall–Kier alpha value is -0.490. The van der Waals surface area contributed by atoms with E-state index in [9.17, 15) is 0 Å². The average molecular weight is 183 g/mol. The maximum atomic E-state index is 5.87. The molecule has 0 bridgehead atoms. The molecule has 0 unspecified atom stereocenters. The van der Waals surface area contributed by atoms with Crippen LogP contribution in [0.3, 0.4) is 0 Å². The molecule has 1 rings (SSSR count). The molecule has 0 saturated carbocycles. The third kappa shape index (κ3) is 1.81. The Morgan fingerprint density at radius 2 is 1.92 bits per heavy atom. The molecule has 0 aliphatic rings. The molecular formula is C11H15Cl. The molecule has 0 aliphatic carbocycles. The number of halogens is 1. The highest BCUT2D eigenvalue weighted by molar-refractivity contribution is 6.17. The molecule has 66 valence electrons. The zero-order chi connectivity index (χ0) is 9.14. The highest BCUT2D eigenvalue weighted by Crippen LogP contribution is 2.19. The van der Waals surface area contributed by atoms with Crippen LogP contribution in [0, 0.1) is 13.8 Å². The quantitative estimate of drug-likeness (QED) is 0.614. The second kappa shape index (κ2) is 3.95. The smallest absolute Gasteiger partial charge is 0.0479 e. The van der Waals surface area contributed by atoms with Crippen LogP contribution in [0.5, 0.6) is 0 Å². The Morgan fingerprint density at radius 1 is 1.25 bits per heavy atom. The highest BCUT2D eigenvalue weighted by atomic mass is 35.5. The minimum absolute atomic E-state index is 0.634. The first kappa shape index (κ1) is 9.60. The normalized spacial score (nSPS) is 10.3. The van der Waals surface area contributed by atoms with Gasteiger partial charge in [-0.1, -0.05) is 24.6 Å². The molecule has 0 spiro atoms. The van der Waals surface area contributed by atoms with Crippen LogP contribution in [0.25, 0.3) is 0 Å². The van der Waals surface area contributed by atoms with E-state index >= 15 is 0 Å². The molecule has 12 heavy (non-hydrogen) atoms. The average Bonchev–Trinajstić information content (AvgIpc) is 2.03. The van der Waals surface area contributed by atoms with Crippen LogP contribution >= 0.6 is 11.6 Å². The molecule has 0 N–H and O–H groups in total. The minimum atomic E-state index is 0.634. The Morgan fingerprint density at radius 3 is 2.42 bits per heavy atom. The molecule has 0 atom stereocenters. The largest absolute Gasteiger partial charge is 0.122 e. The first-order chi connectivity index (χ1) is 5.69. The second-order valence-electron chi connectivity index (χ2n) is 3.21. The fourth-order valence-electron chi connectivity index (χ4n) is 1.59. The van der Waals surface area contributed by atoms with E-state index < -0.39 is 0 Å². The van der Waals surface area contributed by atoms with Gasteiger partial charge in [-0.05, 0) is 37.0 Å². The topological polar surface area (TPSA) is 0 Å². The summed E-state index contributed by atoms with van der Waals surface area (Å²) >= 11 is 5.87. The van der Waals surface area contributed by atoms with Gasteiger partial charge in [0.25, 0.3) is 0 Å². The van der Waals surface area contributed by atoms with Gasteiger partial charge in [-0.25, -0.2) is 0 Å². The van der Waals surface area contributed by atoms with E-state index in [-0.39, 0.29) is 0 Å². The highest BCUT2D eigenvalue weighted by Gasteiger charge is 2.03. The van der Waals surface area contributed by atoms with E-state index in [4.69, 9.17) is 11.6 Å². The van der Waals surface area contributed by atoms with E-state index in [0.29, 0.717) is 5.88 Å². The van der Waals surface area contributed by atoms with E-state index in [1.807, 2.05) is 0 Å². The van der Waals surface area contributed by atoms with Gasteiger partial charge in [0.1, 0.15) is 0 Å². The molecular weight excluding hydrogens is 168 g/mol. The summed E-state index contributed by atoms with van der Waals surface area (Å²) in [7, 11) is 0. The number of hydrogen-bond donors (Lipinski definition) is 0. The lowest BCUT2D eigenvalue weighted by atomic mass is 9.98. The fourth-order valence-corrected chi connectivity index (χ4v) is 1.97. The predicted molar refractivity (Wildman–Crippen MR) is 54.9 cm³/mol. The Kier molecular flexibility index (Phi) is 3.16. The van der Waals surface area contributed by atoms with Gasteiger partial charge in [-0.3, -0.25) is 0 Å². The summed E-state index contributed by atoms with van der Waals surface area (Å²) in [6, 6.07) is 4.42. The van der Waals surface area contributed by atoms with Crippen molar-refractivity contribution >= 4 is 11.6 Å². The molecule has 0 amide bonds. The fraction of sp³-hybridized carbons (Fsp3) is 0.455. The third-order valence-corrected chi connectivity index (χ3v) is 2.49. The molecule has 0 fully saturated rings. The van der Waals surface area contributed by atoms with E-state index in [2.05, 4.69) is 32.9 Å². The van der Waals surface area contributed by atoms with Crippen LogP contribution < -0.4 is 0 Å². The maximum absolute atomic E-state index is 5.87. The van der Waals surface area contributed by atoms with Crippen LogP contribution in [0.1, 0.15) is 29.2 Å². The van der Waals surface area contributed by atoms with Gasteiger partial charge in [0.2, 0.25) is 0 Å². The van der Waals surface area contributed by atoms with Gasteiger partial charge in [-0.15, -0.1) is 11.6 Å². The van der Waals surface area contributed by atoms with E-state index in [1.54, 1.807) is 0 Å². The zero-order valence-corrected chi connectivity index (χ0v) is 8.70. The first-order valence-corrected chi connectivity index (χ1v) is 4.87. The van der Waals surface area contributed by atoms with E-state index in [0.717, 1.165) is 6.42 Å². The molecule has 0 aromatic heterocycles. The van der Waals surface area contributed by atoms with Crippen molar-refractivity contribution in [1.82, 2.24) is 0 Å². The molecule has 0 saturated heterocycles. The maximum Gasteiger partial charge on any atom is 0.0479 e. The predicted octanol–water partition coefficient (Wildman–Crippen LogP) is 3.60. The second-order valence-corrected chi connectivity index (χ2v) is 3.47. The monoisotopic (exact) mass is 182 g/mol. The van der Waals surface area contributed by atoms with Gasteiger partial charge in [-0.2, -0.15) is 0 Å². The molecule has 0 radical (unpaired) electrons. The Balaban J connectivity index is 3.24. The SMILES string of the molecule is CCc1cc(C)cc(C)c1CCl. The third-order valence-electron chi connectivity index (χ3n) is 2.22. The number of benzene rings is 1. The van der Waals surface area contributed by atoms with Crippen molar-refractivity contribution in [2.45, 2.75) is 33.1 Å². The number of rotatable bonds is 2. The van der Waals surface area contributed by atoms with Crippen molar-refractivity contribution in [2.24, 2.45) is 0 Å². The molecule has 0 heterocycles. The van der Waals surface area contributed by atoms with Crippen LogP contribution in [-0.2, 0) is 12.3 Å². The van der Waals surface area contributed by atoms with Gasteiger partial charge < -0.3 is 0 Å². The number of hydrogen-bond acceptors (Lipinski definition) is 0. The molecule has 1 aromatic rings.